The van der Waals surface area contributed by atoms with E-state index in [2.05, 4.69) is 15.5 Å². The standard InChI is InChI=1S/C21H19N3O4/c1-12-8-17(25)21-20(27-12)16(19(28-21)14-6-4-3-5-7-14)9-18(26)22-10-15-11-23-24-13(15)2/h3-8,11H,9-10H2,1-2H3,(H,22,26)(H,23,24). The number of hydrogen-bond donors (Lipinski definition) is 2. The molecule has 0 saturated carbocycles. The Bertz CT molecular complexity index is 1200. The Kier molecular flexibility index (Phi) is 4.57. The summed E-state index contributed by atoms with van der Waals surface area (Å²) in [4.78, 5) is 24.9. The van der Waals surface area contributed by atoms with E-state index in [-0.39, 0.29) is 23.3 Å². The number of rotatable bonds is 5. The molecule has 0 spiro atoms. The van der Waals surface area contributed by atoms with Crippen LogP contribution in [0.1, 0.15) is 22.6 Å². The topological polar surface area (TPSA) is 101 Å². The smallest absolute Gasteiger partial charge is 0.228 e. The zero-order chi connectivity index (χ0) is 19.7. The monoisotopic (exact) mass is 377 g/mol. The first-order chi connectivity index (χ1) is 13.5. The Balaban J connectivity index is 1.71. The molecule has 1 aromatic carbocycles. The molecule has 4 rings (SSSR count). The van der Waals surface area contributed by atoms with Crippen molar-refractivity contribution in [2.75, 3.05) is 0 Å². The highest BCUT2D eigenvalue weighted by molar-refractivity contribution is 5.89. The van der Waals surface area contributed by atoms with E-state index in [9.17, 15) is 9.59 Å². The number of H-pyrrole nitrogens is 1. The van der Waals surface area contributed by atoms with E-state index in [4.69, 9.17) is 8.83 Å². The number of aromatic amines is 1. The van der Waals surface area contributed by atoms with E-state index in [1.165, 1.54) is 6.07 Å². The van der Waals surface area contributed by atoms with Crippen molar-refractivity contribution in [3.8, 4) is 11.3 Å². The summed E-state index contributed by atoms with van der Waals surface area (Å²) >= 11 is 0. The van der Waals surface area contributed by atoms with Crippen LogP contribution in [0, 0.1) is 13.8 Å². The third-order valence-electron chi connectivity index (χ3n) is 4.56. The first-order valence-electron chi connectivity index (χ1n) is 8.90. The first-order valence-corrected chi connectivity index (χ1v) is 8.90. The number of carbonyl (C=O) groups is 1. The number of fused-ring (bicyclic) bond motifs is 1. The van der Waals surface area contributed by atoms with Crippen LogP contribution in [-0.2, 0) is 17.8 Å². The molecule has 0 bridgehead atoms. The van der Waals surface area contributed by atoms with Crippen LogP contribution in [0.15, 0.2) is 56.2 Å². The Morgan fingerprint density at radius 1 is 1.14 bits per heavy atom. The number of furan rings is 1. The van der Waals surface area contributed by atoms with Crippen LogP contribution in [0.3, 0.4) is 0 Å². The van der Waals surface area contributed by atoms with E-state index in [1.54, 1.807) is 13.1 Å². The summed E-state index contributed by atoms with van der Waals surface area (Å²) in [5, 5.41) is 9.66. The van der Waals surface area contributed by atoms with E-state index >= 15 is 0 Å². The molecule has 2 N–H and O–H groups in total. The van der Waals surface area contributed by atoms with Crippen molar-refractivity contribution in [3.05, 3.63) is 75.4 Å². The summed E-state index contributed by atoms with van der Waals surface area (Å²) in [5.41, 5.74) is 3.33. The second-order valence-electron chi connectivity index (χ2n) is 6.63. The average molecular weight is 377 g/mol. The quantitative estimate of drug-likeness (QED) is 0.556. The van der Waals surface area contributed by atoms with Crippen LogP contribution in [0.4, 0.5) is 0 Å². The van der Waals surface area contributed by atoms with Crippen LogP contribution in [0.25, 0.3) is 22.5 Å². The highest BCUT2D eigenvalue weighted by Gasteiger charge is 2.22. The normalized spacial score (nSPS) is 11.1. The molecular formula is C21H19N3O4. The summed E-state index contributed by atoms with van der Waals surface area (Å²) < 4.78 is 11.6. The molecule has 0 fully saturated rings. The molecule has 0 unspecified atom stereocenters. The third-order valence-corrected chi connectivity index (χ3v) is 4.56. The second kappa shape index (κ2) is 7.19. The number of amides is 1. The maximum atomic E-state index is 12.6. The molecule has 4 aromatic rings. The van der Waals surface area contributed by atoms with E-state index in [0.29, 0.717) is 29.2 Å². The Morgan fingerprint density at radius 2 is 1.93 bits per heavy atom. The zero-order valence-electron chi connectivity index (χ0n) is 15.5. The number of carbonyl (C=O) groups excluding carboxylic acids is 1. The summed E-state index contributed by atoms with van der Waals surface area (Å²) in [5.74, 6) is 0.731. The van der Waals surface area contributed by atoms with Crippen molar-refractivity contribution in [3.63, 3.8) is 0 Å². The lowest BCUT2D eigenvalue weighted by molar-refractivity contribution is -0.120. The van der Waals surface area contributed by atoms with Crippen molar-refractivity contribution in [2.24, 2.45) is 0 Å². The van der Waals surface area contributed by atoms with Gasteiger partial charge in [-0.2, -0.15) is 5.10 Å². The van der Waals surface area contributed by atoms with Crippen LogP contribution >= 0.6 is 0 Å². The minimum Gasteiger partial charge on any atom is -0.457 e. The van der Waals surface area contributed by atoms with Gasteiger partial charge in [-0.1, -0.05) is 30.3 Å². The summed E-state index contributed by atoms with van der Waals surface area (Å²) in [6.07, 6.45) is 1.71. The van der Waals surface area contributed by atoms with Gasteiger partial charge in [-0.15, -0.1) is 0 Å². The molecule has 3 heterocycles. The van der Waals surface area contributed by atoms with Crippen LogP contribution < -0.4 is 10.7 Å². The lowest BCUT2D eigenvalue weighted by Gasteiger charge is -2.06. The fraction of sp³-hybridized carbons (Fsp3) is 0.190. The second-order valence-corrected chi connectivity index (χ2v) is 6.63. The molecule has 7 nitrogen and oxygen atoms in total. The van der Waals surface area contributed by atoms with Gasteiger partial charge in [0.2, 0.25) is 16.9 Å². The van der Waals surface area contributed by atoms with E-state index < -0.39 is 0 Å². The molecule has 3 aromatic heterocycles. The largest absolute Gasteiger partial charge is 0.457 e. The predicted octanol–water partition coefficient (Wildman–Crippen LogP) is 3.25. The molecule has 0 atom stereocenters. The van der Waals surface area contributed by atoms with Crippen molar-refractivity contribution in [2.45, 2.75) is 26.8 Å². The molecular weight excluding hydrogens is 358 g/mol. The van der Waals surface area contributed by atoms with Gasteiger partial charge >= 0.3 is 0 Å². The van der Waals surface area contributed by atoms with Gasteiger partial charge in [0, 0.05) is 29.4 Å². The Labute approximate surface area is 160 Å². The van der Waals surface area contributed by atoms with Gasteiger partial charge in [0.05, 0.1) is 18.2 Å². The third kappa shape index (κ3) is 3.34. The molecule has 0 aliphatic heterocycles. The van der Waals surface area contributed by atoms with E-state index in [1.807, 2.05) is 37.3 Å². The fourth-order valence-corrected chi connectivity index (χ4v) is 3.11. The van der Waals surface area contributed by atoms with Gasteiger partial charge in [0.15, 0.2) is 5.58 Å². The van der Waals surface area contributed by atoms with Gasteiger partial charge in [-0.3, -0.25) is 14.7 Å². The number of nitrogens with zero attached hydrogens (tertiary/aromatic N) is 1. The van der Waals surface area contributed by atoms with Crippen LogP contribution in [0.2, 0.25) is 0 Å². The van der Waals surface area contributed by atoms with Crippen molar-refractivity contribution >= 4 is 17.1 Å². The van der Waals surface area contributed by atoms with Gasteiger partial charge in [-0.25, -0.2) is 0 Å². The number of nitrogens with one attached hydrogen (secondary N) is 2. The maximum Gasteiger partial charge on any atom is 0.228 e. The van der Waals surface area contributed by atoms with Gasteiger partial charge in [0.1, 0.15) is 11.5 Å². The SMILES string of the molecule is Cc1cc(=O)c2oc(-c3ccccc3)c(CC(=O)NCc3cn[nH]c3C)c2o1. The van der Waals surface area contributed by atoms with Gasteiger partial charge < -0.3 is 14.2 Å². The maximum absolute atomic E-state index is 12.6. The molecule has 1 amide bonds. The zero-order valence-corrected chi connectivity index (χ0v) is 15.5. The molecule has 0 aliphatic rings. The van der Waals surface area contributed by atoms with Crippen molar-refractivity contribution < 1.29 is 13.6 Å². The molecule has 0 aliphatic carbocycles. The lowest BCUT2D eigenvalue weighted by Crippen LogP contribution is -2.24. The number of benzene rings is 1. The minimum atomic E-state index is -0.267. The molecule has 0 saturated heterocycles. The van der Waals surface area contributed by atoms with Gasteiger partial charge in [-0.05, 0) is 13.8 Å². The highest BCUT2D eigenvalue weighted by atomic mass is 16.4. The predicted molar refractivity (Wildman–Crippen MR) is 104 cm³/mol. The summed E-state index contributed by atoms with van der Waals surface area (Å²) in [7, 11) is 0. The molecule has 28 heavy (non-hydrogen) atoms. The van der Waals surface area contributed by atoms with Crippen LogP contribution in [-0.4, -0.2) is 16.1 Å². The molecule has 7 heteroatoms. The Hall–Kier alpha value is -3.61. The lowest BCUT2D eigenvalue weighted by atomic mass is 10.1. The average Bonchev–Trinajstić information content (AvgIpc) is 3.25. The number of aryl methyl sites for hydroxylation is 2. The number of aromatic nitrogens is 2. The summed E-state index contributed by atoms with van der Waals surface area (Å²) in [6, 6.07) is 10.7. The number of hydrogen-bond acceptors (Lipinski definition) is 5. The van der Waals surface area contributed by atoms with E-state index in [0.717, 1.165) is 16.8 Å². The first kappa shape index (κ1) is 17.8. The van der Waals surface area contributed by atoms with Gasteiger partial charge in [0.25, 0.3) is 0 Å². The fourth-order valence-electron chi connectivity index (χ4n) is 3.11. The molecule has 0 radical (unpaired) electrons. The van der Waals surface area contributed by atoms with Crippen LogP contribution in [0.5, 0.6) is 0 Å². The minimum absolute atomic E-state index is 0.0283. The van der Waals surface area contributed by atoms with Crippen molar-refractivity contribution in [1.29, 1.82) is 0 Å². The van der Waals surface area contributed by atoms with Crippen molar-refractivity contribution in [1.82, 2.24) is 15.5 Å². The summed E-state index contributed by atoms with van der Waals surface area (Å²) in [6.45, 7) is 3.95. The Morgan fingerprint density at radius 3 is 2.64 bits per heavy atom. The molecule has 142 valence electrons. The highest BCUT2D eigenvalue weighted by Crippen LogP contribution is 2.33.